The molecule has 0 radical (unpaired) electrons. The fraction of sp³-hybridized carbons (Fsp3) is 0.357. The van der Waals surface area contributed by atoms with Gasteiger partial charge >= 0.3 is 0 Å². The maximum atomic E-state index is 4.70. The average Bonchev–Trinajstić information content (AvgIpc) is 3.50. The van der Waals surface area contributed by atoms with E-state index >= 15 is 0 Å². The van der Waals surface area contributed by atoms with Gasteiger partial charge in [-0.15, -0.1) is 0 Å². The number of aryl methyl sites for hydroxylation is 2. The molecule has 2 aliphatic heterocycles. The van der Waals surface area contributed by atoms with Gasteiger partial charge < -0.3 is 10.3 Å². The lowest BCUT2D eigenvalue weighted by Gasteiger charge is -2.32. The molecule has 1 fully saturated rings. The number of aromatic amines is 1. The fourth-order valence-corrected chi connectivity index (χ4v) is 5.43. The van der Waals surface area contributed by atoms with E-state index < -0.39 is 0 Å². The first kappa shape index (κ1) is 20.6. The Morgan fingerprint density at radius 3 is 2.82 bits per heavy atom. The van der Waals surface area contributed by atoms with Gasteiger partial charge in [-0.1, -0.05) is 12.1 Å². The van der Waals surface area contributed by atoms with Gasteiger partial charge in [0.15, 0.2) is 0 Å². The van der Waals surface area contributed by atoms with Crippen LogP contribution in [0.25, 0.3) is 22.2 Å². The summed E-state index contributed by atoms with van der Waals surface area (Å²) in [6, 6.07) is 11.9. The van der Waals surface area contributed by atoms with Gasteiger partial charge in [-0.3, -0.25) is 9.88 Å². The second kappa shape index (κ2) is 8.40. The van der Waals surface area contributed by atoms with Crippen LogP contribution in [0.5, 0.6) is 0 Å². The number of hydrogen-bond donors (Lipinski definition) is 2. The predicted molar refractivity (Wildman–Crippen MR) is 133 cm³/mol. The van der Waals surface area contributed by atoms with E-state index in [1.165, 1.54) is 57.2 Å². The highest BCUT2D eigenvalue weighted by Crippen LogP contribution is 2.36. The second-order valence-corrected chi connectivity index (χ2v) is 9.73. The fourth-order valence-electron chi connectivity index (χ4n) is 5.43. The van der Waals surface area contributed by atoms with Crippen molar-refractivity contribution in [2.24, 2.45) is 0 Å². The number of aromatic nitrogens is 3. The van der Waals surface area contributed by atoms with Gasteiger partial charge in [0.1, 0.15) is 5.65 Å². The molecule has 0 aliphatic carbocycles. The van der Waals surface area contributed by atoms with Crippen molar-refractivity contribution in [1.82, 2.24) is 25.2 Å². The molecule has 2 aliphatic rings. The molecule has 1 saturated heterocycles. The largest absolute Gasteiger partial charge is 0.346 e. The summed E-state index contributed by atoms with van der Waals surface area (Å²) in [6.45, 7) is 8.31. The van der Waals surface area contributed by atoms with Crippen LogP contribution in [-0.2, 0) is 19.5 Å². The highest BCUT2D eigenvalue weighted by molar-refractivity contribution is 5.84. The Balaban J connectivity index is 1.37. The summed E-state index contributed by atoms with van der Waals surface area (Å²) in [5.41, 5.74) is 11.6. The van der Waals surface area contributed by atoms with Crippen LogP contribution < -0.4 is 5.32 Å². The van der Waals surface area contributed by atoms with Crippen molar-refractivity contribution in [1.29, 1.82) is 0 Å². The second-order valence-electron chi connectivity index (χ2n) is 9.73. The highest BCUT2D eigenvalue weighted by atomic mass is 15.1. The number of fused-ring (bicyclic) bond motifs is 2. The normalized spacial score (nSPS) is 18.7. The van der Waals surface area contributed by atoms with E-state index in [4.69, 9.17) is 4.98 Å². The van der Waals surface area contributed by atoms with E-state index in [-0.39, 0.29) is 0 Å². The van der Waals surface area contributed by atoms with Gasteiger partial charge in [0.25, 0.3) is 0 Å². The van der Waals surface area contributed by atoms with E-state index in [1.54, 1.807) is 0 Å². The van der Waals surface area contributed by atoms with Crippen molar-refractivity contribution < 1.29 is 0 Å². The first-order chi connectivity index (χ1) is 16.1. The summed E-state index contributed by atoms with van der Waals surface area (Å²) in [4.78, 5) is 15.2. The standard InChI is InChI=1S/C28H31N5/c1-18-5-6-23(30-13-18)16-33-9-7-20-10-21(11-25(26(20)17-33)27-4-3-8-29-27)22-12-24-19(2)14-31-28(24)32-15-22/h5-6,10-15,27,29H,3-4,7-9,16-17H2,1-2H3,(H,31,32)/t27-/m0/s1. The molecule has 0 saturated carbocycles. The summed E-state index contributed by atoms with van der Waals surface area (Å²) in [7, 11) is 0. The van der Waals surface area contributed by atoms with Gasteiger partial charge in [0, 0.05) is 55.2 Å². The lowest BCUT2D eigenvalue weighted by molar-refractivity contribution is 0.241. The van der Waals surface area contributed by atoms with Crippen molar-refractivity contribution in [3.63, 3.8) is 0 Å². The Labute approximate surface area is 195 Å². The maximum Gasteiger partial charge on any atom is 0.137 e. The molecule has 0 spiro atoms. The summed E-state index contributed by atoms with van der Waals surface area (Å²) in [5.74, 6) is 0. The Kier molecular flexibility index (Phi) is 5.24. The molecular weight excluding hydrogens is 406 g/mol. The summed E-state index contributed by atoms with van der Waals surface area (Å²) in [6.07, 6.45) is 9.57. The molecule has 5 nitrogen and oxygen atoms in total. The maximum absolute atomic E-state index is 4.70. The zero-order chi connectivity index (χ0) is 22.4. The van der Waals surface area contributed by atoms with E-state index in [0.717, 1.165) is 43.9 Å². The third-order valence-electron chi connectivity index (χ3n) is 7.32. The summed E-state index contributed by atoms with van der Waals surface area (Å²) in [5, 5.41) is 4.97. The van der Waals surface area contributed by atoms with E-state index in [2.05, 4.69) is 64.4 Å². The van der Waals surface area contributed by atoms with Crippen LogP contribution in [-0.4, -0.2) is 32.9 Å². The highest BCUT2D eigenvalue weighted by Gasteiger charge is 2.26. The Morgan fingerprint density at radius 2 is 2.00 bits per heavy atom. The summed E-state index contributed by atoms with van der Waals surface area (Å²) < 4.78 is 0. The first-order valence-electron chi connectivity index (χ1n) is 12.1. The van der Waals surface area contributed by atoms with Crippen LogP contribution in [0.4, 0.5) is 0 Å². The molecule has 0 bridgehead atoms. The summed E-state index contributed by atoms with van der Waals surface area (Å²) >= 11 is 0. The molecule has 1 aromatic carbocycles. The van der Waals surface area contributed by atoms with Crippen LogP contribution in [0.15, 0.2) is 48.9 Å². The topological polar surface area (TPSA) is 56.8 Å². The van der Waals surface area contributed by atoms with Crippen molar-refractivity contribution in [2.45, 2.75) is 52.2 Å². The smallest absolute Gasteiger partial charge is 0.137 e. The Hall–Kier alpha value is -3.02. The van der Waals surface area contributed by atoms with Crippen LogP contribution in [0.2, 0.25) is 0 Å². The molecule has 3 aromatic heterocycles. The molecule has 5 heterocycles. The molecule has 168 valence electrons. The van der Waals surface area contributed by atoms with Crippen molar-refractivity contribution in [2.75, 3.05) is 13.1 Å². The van der Waals surface area contributed by atoms with Crippen molar-refractivity contribution in [3.05, 3.63) is 82.4 Å². The molecule has 33 heavy (non-hydrogen) atoms. The van der Waals surface area contributed by atoms with Crippen LogP contribution in [0.1, 0.15) is 52.4 Å². The molecule has 5 heteroatoms. The van der Waals surface area contributed by atoms with Crippen LogP contribution in [0, 0.1) is 13.8 Å². The molecule has 0 amide bonds. The molecule has 0 unspecified atom stereocenters. The van der Waals surface area contributed by atoms with Crippen LogP contribution >= 0.6 is 0 Å². The molecule has 4 aromatic rings. The average molecular weight is 438 g/mol. The van der Waals surface area contributed by atoms with E-state index in [1.807, 2.05) is 18.6 Å². The van der Waals surface area contributed by atoms with Crippen molar-refractivity contribution in [3.8, 4) is 11.1 Å². The number of rotatable bonds is 4. The van der Waals surface area contributed by atoms with Gasteiger partial charge in [0.2, 0.25) is 0 Å². The predicted octanol–water partition coefficient (Wildman–Crippen LogP) is 5.22. The number of H-pyrrole nitrogens is 1. The first-order valence-corrected chi connectivity index (χ1v) is 12.1. The van der Waals surface area contributed by atoms with Gasteiger partial charge in [0.05, 0.1) is 5.69 Å². The number of nitrogens with one attached hydrogen (secondary N) is 2. The zero-order valence-electron chi connectivity index (χ0n) is 19.5. The number of benzene rings is 1. The SMILES string of the molecule is Cc1ccc(CN2CCc3cc(-c4cnc5[nH]cc(C)c5c4)cc([C@@H]4CCCN4)c3C2)nc1. The molecule has 6 rings (SSSR count). The van der Waals surface area contributed by atoms with Crippen LogP contribution in [0.3, 0.4) is 0 Å². The lowest BCUT2D eigenvalue weighted by Crippen LogP contribution is -2.32. The molecule has 1 atom stereocenters. The Bertz CT molecular complexity index is 1300. The quantitative estimate of drug-likeness (QED) is 0.459. The lowest BCUT2D eigenvalue weighted by atomic mass is 9.87. The Morgan fingerprint density at radius 1 is 1.06 bits per heavy atom. The third-order valence-corrected chi connectivity index (χ3v) is 7.32. The third kappa shape index (κ3) is 3.96. The van der Waals surface area contributed by atoms with Gasteiger partial charge in [-0.05, 0) is 91.2 Å². The number of hydrogen-bond acceptors (Lipinski definition) is 4. The minimum atomic E-state index is 0.446. The number of nitrogens with zero attached hydrogens (tertiary/aromatic N) is 3. The van der Waals surface area contributed by atoms with Crippen molar-refractivity contribution >= 4 is 11.0 Å². The zero-order valence-corrected chi connectivity index (χ0v) is 19.5. The van der Waals surface area contributed by atoms with Gasteiger partial charge in [-0.2, -0.15) is 0 Å². The van der Waals surface area contributed by atoms with Gasteiger partial charge in [-0.25, -0.2) is 4.98 Å². The minimum absolute atomic E-state index is 0.446. The van der Waals surface area contributed by atoms with E-state index in [0.29, 0.717) is 6.04 Å². The monoisotopic (exact) mass is 437 g/mol. The molecular formula is C28H31N5. The number of pyridine rings is 2. The minimum Gasteiger partial charge on any atom is -0.346 e. The molecule has 2 N–H and O–H groups in total. The van der Waals surface area contributed by atoms with E-state index in [9.17, 15) is 0 Å².